The van der Waals surface area contributed by atoms with Crippen LogP contribution in [-0.4, -0.2) is 73.6 Å². The number of aliphatic hydroxyl groups excluding tert-OH is 1. The van der Waals surface area contributed by atoms with Crippen molar-refractivity contribution in [3.05, 3.63) is 41.7 Å². The Morgan fingerprint density at radius 1 is 1.24 bits per heavy atom. The summed E-state index contributed by atoms with van der Waals surface area (Å²) in [5, 5.41) is 29.8. The van der Waals surface area contributed by atoms with Gasteiger partial charge in [-0.1, -0.05) is 26.0 Å². The van der Waals surface area contributed by atoms with Gasteiger partial charge in [-0.25, -0.2) is 9.48 Å². The number of carbonyl (C=O) groups excluding carboxylic acids is 2. The molecule has 0 radical (unpaired) electrons. The molecule has 11 heteroatoms. The standard InChI is InChI=1S/C22H29N5O6/c1-22(2,3)18(20(30)26-11-15(28)9-17(26)19(29)23-4)27-10-14(24-25-27)12-33-16-7-5-13(6-8-16)21(31)32/h5-8,10,15,17-18,28H,9,11-12H2,1-4H3,(H,23,29)(H,31,32)/t15-,17+,18-/m1/s1. The van der Waals surface area contributed by atoms with Gasteiger partial charge in [0.1, 0.15) is 30.1 Å². The Bertz CT molecular complexity index is 1010. The van der Waals surface area contributed by atoms with E-state index in [2.05, 4.69) is 15.6 Å². The first-order valence-corrected chi connectivity index (χ1v) is 10.6. The highest BCUT2D eigenvalue weighted by Gasteiger charge is 2.45. The number of benzene rings is 1. The number of β-amino-alcohol motifs (C(OH)–C–C–N with tert-alkyl or cyclic N) is 1. The van der Waals surface area contributed by atoms with Crippen molar-refractivity contribution in [1.29, 1.82) is 0 Å². The Hall–Kier alpha value is -3.47. The molecule has 0 saturated carbocycles. The lowest BCUT2D eigenvalue weighted by Gasteiger charge is -2.34. The Balaban J connectivity index is 1.76. The number of hydrogen-bond donors (Lipinski definition) is 3. The van der Waals surface area contributed by atoms with Gasteiger partial charge in [0.15, 0.2) is 0 Å². The molecule has 1 fully saturated rings. The smallest absolute Gasteiger partial charge is 0.335 e. The highest BCUT2D eigenvalue weighted by molar-refractivity contribution is 5.90. The van der Waals surface area contributed by atoms with E-state index in [-0.39, 0.29) is 37.0 Å². The lowest BCUT2D eigenvalue weighted by Crippen LogP contribution is -2.49. The molecule has 3 atom stereocenters. The molecule has 3 N–H and O–H groups in total. The molecule has 2 aromatic rings. The molecule has 2 heterocycles. The Morgan fingerprint density at radius 2 is 1.91 bits per heavy atom. The highest BCUT2D eigenvalue weighted by Crippen LogP contribution is 2.34. The number of likely N-dealkylation sites (N-methyl/N-ethyl adjacent to an activating group) is 1. The second-order valence-electron chi connectivity index (χ2n) is 9.09. The van der Waals surface area contributed by atoms with Gasteiger partial charge in [-0.15, -0.1) is 5.10 Å². The number of nitrogens with zero attached hydrogens (tertiary/aromatic N) is 4. The van der Waals surface area contributed by atoms with Crippen molar-refractivity contribution in [1.82, 2.24) is 25.2 Å². The van der Waals surface area contributed by atoms with Crippen LogP contribution in [0.5, 0.6) is 5.75 Å². The molecule has 1 aliphatic rings. The number of aromatic nitrogens is 3. The molecule has 0 bridgehead atoms. The van der Waals surface area contributed by atoms with Gasteiger partial charge in [-0.05, 0) is 29.7 Å². The fraction of sp³-hybridized carbons (Fsp3) is 0.500. The number of likely N-dealkylation sites (tertiary alicyclic amines) is 1. The summed E-state index contributed by atoms with van der Waals surface area (Å²) in [7, 11) is 1.50. The number of aromatic carboxylic acids is 1. The maximum Gasteiger partial charge on any atom is 0.335 e. The second-order valence-corrected chi connectivity index (χ2v) is 9.09. The number of carbonyl (C=O) groups is 3. The van der Waals surface area contributed by atoms with Crippen LogP contribution in [0.3, 0.4) is 0 Å². The fourth-order valence-corrected chi connectivity index (χ4v) is 3.87. The van der Waals surface area contributed by atoms with E-state index in [1.54, 1.807) is 18.3 Å². The monoisotopic (exact) mass is 459 g/mol. The van der Waals surface area contributed by atoms with Crippen molar-refractivity contribution in [3.63, 3.8) is 0 Å². The molecule has 1 aromatic heterocycles. The van der Waals surface area contributed by atoms with Crippen molar-refractivity contribution >= 4 is 17.8 Å². The first-order chi connectivity index (χ1) is 15.5. The molecule has 0 unspecified atom stereocenters. The second kappa shape index (κ2) is 9.57. The van der Waals surface area contributed by atoms with Crippen LogP contribution in [0.15, 0.2) is 30.5 Å². The minimum Gasteiger partial charge on any atom is -0.487 e. The summed E-state index contributed by atoms with van der Waals surface area (Å²) in [4.78, 5) is 38.1. The molecule has 2 amide bonds. The van der Waals surface area contributed by atoms with Gasteiger partial charge in [0.2, 0.25) is 11.8 Å². The van der Waals surface area contributed by atoms with Crippen molar-refractivity contribution in [2.24, 2.45) is 5.41 Å². The first kappa shape index (κ1) is 24.2. The molecule has 0 aliphatic carbocycles. The Morgan fingerprint density at radius 3 is 2.48 bits per heavy atom. The van der Waals surface area contributed by atoms with Gasteiger partial charge in [-0.3, -0.25) is 9.59 Å². The number of carboxylic acid groups (broad SMARTS) is 1. The van der Waals surface area contributed by atoms with Crippen LogP contribution in [0.2, 0.25) is 0 Å². The van der Waals surface area contributed by atoms with Crippen LogP contribution in [0.4, 0.5) is 0 Å². The van der Waals surface area contributed by atoms with Gasteiger partial charge in [0.25, 0.3) is 0 Å². The summed E-state index contributed by atoms with van der Waals surface area (Å²) in [5.74, 6) is -1.20. The van der Waals surface area contributed by atoms with Gasteiger partial charge >= 0.3 is 5.97 Å². The predicted molar refractivity (Wildman–Crippen MR) is 116 cm³/mol. The van der Waals surface area contributed by atoms with Crippen molar-refractivity contribution in [2.45, 2.75) is 52.0 Å². The Kier molecular flexibility index (Phi) is 7.01. The maximum absolute atomic E-state index is 13.5. The quantitative estimate of drug-likeness (QED) is 0.552. The van der Waals surface area contributed by atoms with Crippen molar-refractivity contribution in [2.75, 3.05) is 13.6 Å². The molecule has 3 rings (SSSR count). The molecule has 1 saturated heterocycles. The summed E-state index contributed by atoms with van der Waals surface area (Å²) < 4.78 is 7.11. The summed E-state index contributed by atoms with van der Waals surface area (Å²) in [6.45, 7) is 5.80. The molecule has 33 heavy (non-hydrogen) atoms. The minimum atomic E-state index is -1.02. The van der Waals surface area contributed by atoms with E-state index in [1.807, 2.05) is 20.8 Å². The molecular formula is C22H29N5O6. The van der Waals surface area contributed by atoms with Gasteiger partial charge in [0, 0.05) is 20.0 Å². The van der Waals surface area contributed by atoms with Crippen LogP contribution < -0.4 is 10.1 Å². The van der Waals surface area contributed by atoms with E-state index in [4.69, 9.17) is 9.84 Å². The zero-order chi connectivity index (χ0) is 24.3. The maximum atomic E-state index is 13.5. The average molecular weight is 460 g/mol. The lowest BCUT2D eigenvalue weighted by molar-refractivity contribution is -0.144. The van der Waals surface area contributed by atoms with E-state index in [1.165, 1.54) is 28.8 Å². The molecule has 1 aromatic carbocycles. The third-order valence-corrected chi connectivity index (χ3v) is 5.48. The summed E-state index contributed by atoms with van der Waals surface area (Å²) in [6, 6.07) is 4.47. The number of ether oxygens (including phenoxy) is 1. The number of amides is 2. The third-order valence-electron chi connectivity index (χ3n) is 5.48. The lowest BCUT2D eigenvalue weighted by atomic mass is 9.85. The minimum absolute atomic E-state index is 0.0699. The SMILES string of the molecule is CNC(=O)[C@@H]1C[C@@H](O)CN1C(=O)[C@@H](n1cc(COc2ccc(C(=O)O)cc2)nn1)C(C)(C)C. The van der Waals surface area contributed by atoms with Crippen molar-refractivity contribution in [3.8, 4) is 5.75 Å². The number of nitrogens with one attached hydrogen (secondary N) is 1. The van der Waals surface area contributed by atoms with E-state index in [0.29, 0.717) is 11.4 Å². The van der Waals surface area contributed by atoms with E-state index < -0.39 is 29.6 Å². The van der Waals surface area contributed by atoms with Crippen LogP contribution in [0, 0.1) is 5.41 Å². The summed E-state index contributed by atoms with van der Waals surface area (Å²) in [6.07, 6.45) is 1.02. The van der Waals surface area contributed by atoms with E-state index >= 15 is 0 Å². The molecule has 0 spiro atoms. The number of carboxylic acids is 1. The number of aliphatic hydroxyl groups is 1. The van der Waals surface area contributed by atoms with Crippen molar-refractivity contribution < 1.29 is 29.3 Å². The zero-order valence-corrected chi connectivity index (χ0v) is 19.1. The predicted octanol–water partition coefficient (Wildman–Crippen LogP) is 0.850. The van der Waals surface area contributed by atoms with Gasteiger partial charge < -0.3 is 25.2 Å². The summed E-state index contributed by atoms with van der Waals surface area (Å²) in [5.41, 5.74) is 0.0710. The van der Waals surface area contributed by atoms with E-state index in [0.717, 1.165) is 0 Å². The van der Waals surface area contributed by atoms with Crippen LogP contribution in [0.1, 0.15) is 49.3 Å². The fourth-order valence-electron chi connectivity index (χ4n) is 3.87. The first-order valence-electron chi connectivity index (χ1n) is 10.6. The molecule has 1 aliphatic heterocycles. The normalized spacial score (nSPS) is 19.2. The zero-order valence-electron chi connectivity index (χ0n) is 19.1. The largest absolute Gasteiger partial charge is 0.487 e. The highest BCUT2D eigenvalue weighted by atomic mass is 16.5. The Labute approximate surface area is 191 Å². The van der Waals surface area contributed by atoms with Crippen LogP contribution in [-0.2, 0) is 16.2 Å². The summed E-state index contributed by atoms with van der Waals surface area (Å²) >= 11 is 0. The third kappa shape index (κ3) is 5.48. The molecular weight excluding hydrogens is 430 g/mol. The number of rotatable bonds is 7. The average Bonchev–Trinajstić information content (AvgIpc) is 3.37. The van der Waals surface area contributed by atoms with E-state index in [9.17, 15) is 19.5 Å². The molecule has 11 nitrogen and oxygen atoms in total. The topological polar surface area (TPSA) is 147 Å². The van der Waals surface area contributed by atoms with Crippen LogP contribution in [0.25, 0.3) is 0 Å². The van der Waals surface area contributed by atoms with Crippen LogP contribution >= 0.6 is 0 Å². The molecule has 178 valence electrons. The van der Waals surface area contributed by atoms with Gasteiger partial charge in [-0.2, -0.15) is 0 Å². The van der Waals surface area contributed by atoms with Gasteiger partial charge in [0.05, 0.1) is 17.9 Å². The number of hydrogen-bond acceptors (Lipinski definition) is 7.